The second-order valence-corrected chi connectivity index (χ2v) is 9.12. The normalized spacial score (nSPS) is 25.6. The number of nitrogens with zero attached hydrogens (tertiary/aromatic N) is 2. The van der Waals surface area contributed by atoms with E-state index in [1.165, 1.54) is 6.08 Å². The minimum Gasteiger partial charge on any atom is -0.456 e. The number of rotatable bonds is 5. The molecule has 0 bridgehead atoms. The highest BCUT2D eigenvalue weighted by Crippen LogP contribution is 2.46. The summed E-state index contributed by atoms with van der Waals surface area (Å²) in [5.41, 5.74) is 2.64. The summed E-state index contributed by atoms with van der Waals surface area (Å²) in [5, 5.41) is 0. The number of esters is 1. The fourth-order valence-electron chi connectivity index (χ4n) is 5.17. The maximum atomic E-state index is 12.5. The Labute approximate surface area is 182 Å². The largest absolute Gasteiger partial charge is 0.456 e. The van der Waals surface area contributed by atoms with Crippen LogP contribution in [0.2, 0.25) is 0 Å². The number of para-hydroxylation sites is 1. The van der Waals surface area contributed by atoms with E-state index in [2.05, 4.69) is 0 Å². The number of allylic oxidation sites excluding steroid dienone is 1. The third kappa shape index (κ3) is 3.66. The molecule has 2 amide bonds. The van der Waals surface area contributed by atoms with Crippen molar-refractivity contribution < 1.29 is 23.9 Å². The van der Waals surface area contributed by atoms with Crippen LogP contribution in [0, 0.1) is 11.8 Å². The zero-order chi connectivity index (χ0) is 22.3. The SMILES string of the molecule is CN1C(=CC(=O)COC(=O)CN2C(=O)[C@H]3CCCC[C@H]3C2=O)C(C)(C)c2ccccc21. The Morgan fingerprint density at radius 3 is 2.32 bits per heavy atom. The van der Waals surface area contributed by atoms with Crippen LogP contribution in [0.25, 0.3) is 0 Å². The molecule has 4 rings (SSSR count). The minimum atomic E-state index is -0.741. The summed E-state index contributed by atoms with van der Waals surface area (Å²) in [6, 6.07) is 7.97. The Morgan fingerprint density at radius 2 is 1.71 bits per heavy atom. The van der Waals surface area contributed by atoms with Crippen molar-refractivity contribution in [2.75, 3.05) is 25.1 Å². The Hall–Kier alpha value is -2.96. The number of likely N-dealkylation sites (N-methyl/N-ethyl adjacent to an activating group) is 1. The number of imide groups is 1. The number of anilines is 1. The number of fused-ring (bicyclic) bond motifs is 2. The summed E-state index contributed by atoms with van der Waals surface area (Å²) in [4.78, 5) is 52.7. The first-order valence-corrected chi connectivity index (χ1v) is 10.8. The average Bonchev–Trinajstić information content (AvgIpc) is 3.11. The molecule has 2 atom stereocenters. The fourth-order valence-corrected chi connectivity index (χ4v) is 5.17. The Kier molecular flexibility index (Phi) is 5.45. The first kappa shape index (κ1) is 21.3. The molecule has 0 radical (unpaired) electrons. The van der Waals surface area contributed by atoms with Crippen molar-refractivity contribution in [2.24, 2.45) is 11.8 Å². The predicted molar refractivity (Wildman–Crippen MR) is 114 cm³/mol. The minimum absolute atomic E-state index is 0.285. The topological polar surface area (TPSA) is 84.0 Å². The van der Waals surface area contributed by atoms with Crippen molar-refractivity contribution in [2.45, 2.75) is 44.9 Å². The van der Waals surface area contributed by atoms with Crippen molar-refractivity contribution >= 4 is 29.3 Å². The maximum Gasteiger partial charge on any atom is 0.326 e. The number of amides is 2. The standard InChI is InChI=1S/C24H28N2O5/c1-24(2)18-10-6-7-11-19(18)25(3)20(24)12-15(27)14-31-21(28)13-26-22(29)16-8-4-5-9-17(16)23(26)30/h6-7,10-12,16-17H,4-5,8-9,13-14H2,1-3H3/t16-,17+. The number of likely N-dealkylation sites (tertiary alicyclic amines) is 1. The van der Waals surface area contributed by atoms with Crippen LogP contribution in [0.4, 0.5) is 5.69 Å². The Balaban J connectivity index is 1.37. The lowest BCUT2D eigenvalue weighted by atomic mass is 9.81. The van der Waals surface area contributed by atoms with Gasteiger partial charge in [0.1, 0.15) is 6.54 Å². The highest BCUT2D eigenvalue weighted by molar-refractivity contribution is 6.07. The molecule has 1 aromatic carbocycles. The third-order valence-electron chi connectivity index (χ3n) is 6.83. The summed E-state index contributed by atoms with van der Waals surface area (Å²) in [6.45, 7) is 3.24. The zero-order valence-corrected chi connectivity index (χ0v) is 18.2. The number of carbonyl (C=O) groups excluding carboxylic acids is 4. The number of hydrogen-bond acceptors (Lipinski definition) is 6. The van der Waals surface area contributed by atoms with Crippen LogP contribution in [0.15, 0.2) is 36.0 Å². The van der Waals surface area contributed by atoms with Gasteiger partial charge in [-0.25, -0.2) is 0 Å². The Bertz CT molecular complexity index is 956. The molecular weight excluding hydrogens is 396 g/mol. The first-order valence-electron chi connectivity index (χ1n) is 10.8. The maximum absolute atomic E-state index is 12.5. The lowest BCUT2D eigenvalue weighted by molar-refractivity contribution is -0.154. The van der Waals surface area contributed by atoms with Crippen LogP contribution < -0.4 is 4.90 Å². The van der Waals surface area contributed by atoms with Crippen molar-refractivity contribution in [3.63, 3.8) is 0 Å². The van der Waals surface area contributed by atoms with Crippen molar-refractivity contribution in [1.82, 2.24) is 4.90 Å². The van der Waals surface area contributed by atoms with Gasteiger partial charge in [0.2, 0.25) is 11.8 Å². The molecular formula is C24H28N2O5. The van der Waals surface area contributed by atoms with Crippen LogP contribution in [0.3, 0.4) is 0 Å². The number of ether oxygens (including phenoxy) is 1. The van der Waals surface area contributed by atoms with E-state index in [1.807, 2.05) is 50.1 Å². The van der Waals surface area contributed by atoms with Crippen LogP contribution in [0.1, 0.15) is 45.1 Å². The molecule has 164 valence electrons. The van der Waals surface area contributed by atoms with Gasteiger partial charge in [-0.2, -0.15) is 0 Å². The number of benzene rings is 1. The summed E-state index contributed by atoms with van der Waals surface area (Å²) < 4.78 is 5.11. The van der Waals surface area contributed by atoms with Gasteiger partial charge in [-0.15, -0.1) is 0 Å². The predicted octanol–water partition coefficient (Wildman–Crippen LogP) is 2.59. The van der Waals surface area contributed by atoms with Crippen molar-refractivity contribution in [1.29, 1.82) is 0 Å². The van der Waals surface area contributed by atoms with E-state index >= 15 is 0 Å². The molecule has 1 saturated carbocycles. The van der Waals surface area contributed by atoms with E-state index in [1.54, 1.807) is 0 Å². The summed E-state index contributed by atoms with van der Waals surface area (Å²) in [7, 11) is 1.91. The van der Waals surface area contributed by atoms with Gasteiger partial charge in [0.15, 0.2) is 12.4 Å². The summed E-state index contributed by atoms with van der Waals surface area (Å²) in [5.74, 6) is -2.26. The fraction of sp³-hybridized carbons (Fsp3) is 0.500. The average molecular weight is 424 g/mol. The van der Waals surface area contributed by atoms with Gasteiger partial charge in [-0.3, -0.25) is 24.1 Å². The van der Waals surface area contributed by atoms with E-state index in [-0.39, 0.29) is 34.8 Å². The number of hydrogen-bond donors (Lipinski definition) is 0. The quantitative estimate of drug-likeness (QED) is 0.410. The Morgan fingerprint density at radius 1 is 1.10 bits per heavy atom. The molecule has 0 unspecified atom stereocenters. The first-order chi connectivity index (χ1) is 14.7. The molecule has 1 saturated heterocycles. The van der Waals surface area contributed by atoms with Crippen LogP contribution in [0.5, 0.6) is 0 Å². The smallest absolute Gasteiger partial charge is 0.326 e. The van der Waals surface area contributed by atoms with E-state index in [9.17, 15) is 19.2 Å². The van der Waals surface area contributed by atoms with Gasteiger partial charge < -0.3 is 9.64 Å². The molecule has 1 aliphatic carbocycles. The van der Waals surface area contributed by atoms with Crippen LogP contribution in [-0.2, 0) is 29.3 Å². The molecule has 31 heavy (non-hydrogen) atoms. The highest BCUT2D eigenvalue weighted by Gasteiger charge is 2.48. The van der Waals surface area contributed by atoms with E-state index in [0.29, 0.717) is 12.8 Å². The lowest BCUT2D eigenvalue weighted by Gasteiger charge is -2.23. The van der Waals surface area contributed by atoms with Crippen molar-refractivity contribution in [3.8, 4) is 0 Å². The van der Waals surface area contributed by atoms with Gasteiger partial charge in [0.05, 0.1) is 11.8 Å². The van der Waals surface area contributed by atoms with Crippen LogP contribution in [-0.4, -0.2) is 48.7 Å². The molecule has 2 fully saturated rings. The monoisotopic (exact) mass is 424 g/mol. The van der Waals surface area contributed by atoms with E-state index in [4.69, 9.17) is 4.74 Å². The van der Waals surface area contributed by atoms with Gasteiger partial charge in [-0.05, 0) is 24.5 Å². The van der Waals surface area contributed by atoms with Gasteiger partial charge in [-0.1, -0.05) is 44.9 Å². The van der Waals surface area contributed by atoms with Gasteiger partial charge in [0, 0.05) is 29.9 Å². The molecule has 7 nitrogen and oxygen atoms in total. The summed E-state index contributed by atoms with van der Waals surface area (Å²) in [6.07, 6.45) is 4.75. The molecule has 3 aliphatic rings. The summed E-state index contributed by atoms with van der Waals surface area (Å²) >= 11 is 0. The molecule has 2 aliphatic heterocycles. The number of carbonyl (C=O) groups is 4. The van der Waals surface area contributed by atoms with Crippen molar-refractivity contribution in [3.05, 3.63) is 41.6 Å². The van der Waals surface area contributed by atoms with Crippen LogP contribution >= 0.6 is 0 Å². The third-order valence-corrected chi connectivity index (χ3v) is 6.83. The van der Waals surface area contributed by atoms with E-state index < -0.39 is 19.1 Å². The van der Waals surface area contributed by atoms with E-state index in [0.717, 1.165) is 34.7 Å². The molecule has 0 N–H and O–H groups in total. The molecule has 0 spiro atoms. The molecule has 0 aromatic heterocycles. The zero-order valence-electron chi connectivity index (χ0n) is 18.2. The molecule has 2 heterocycles. The van der Waals surface area contributed by atoms with Gasteiger partial charge in [0.25, 0.3) is 0 Å². The molecule has 7 heteroatoms. The van der Waals surface area contributed by atoms with Gasteiger partial charge >= 0.3 is 5.97 Å². The highest BCUT2D eigenvalue weighted by atomic mass is 16.5. The lowest BCUT2D eigenvalue weighted by Crippen LogP contribution is -2.37. The second-order valence-electron chi connectivity index (χ2n) is 9.12. The molecule has 1 aromatic rings. The second kappa shape index (κ2) is 7.94. The number of ketones is 1.